The second-order valence-electron chi connectivity index (χ2n) is 3.45. The van der Waals surface area contributed by atoms with Crippen LogP contribution in [0.5, 0.6) is 0 Å². The van der Waals surface area contributed by atoms with Crippen molar-refractivity contribution in [3.8, 4) is 0 Å². The summed E-state index contributed by atoms with van der Waals surface area (Å²) >= 11 is 0. The summed E-state index contributed by atoms with van der Waals surface area (Å²) in [6, 6.07) is -0.896. The molecule has 0 aromatic carbocycles. The highest BCUT2D eigenvalue weighted by molar-refractivity contribution is 5.78. The smallest absolute Gasteiger partial charge is 0.397 e. The maximum Gasteiger partial charge on any atom is 0.397 e. The SMILES string of the molecule is O=C(CC(F)(F)F)NC1COCC1C(=O)O. The van der Waals surface area contributed by atoms with Crippen LogP contribution in [0.4, 0.5) is 13.2 Å². The van der Waals surface area contributed by atoms with Crippen LogP contribution in [0.15, 0.2) is 0 Å². The lowest BCUT2D eigenvalue weighted by molar-refractivity contribution is -0.154. The van der Waals surface area contributed by atoms with Crippen molar-refractivity contribution in [2.24, 2.45) is 5.92 Å². The first kappa shape index (κ1) is 12.8. The summed E-state index contributed by atoms with van der Waals surface area (Å²) in [7, 11) is 0. The highest BCUT2D eigenvalue weighted by Crippen LogP contribution is 2.20. The molecule has 0 aliphatic carbocycles. The number of alkyl halides is 3. The Kier molecular flexibility index (Phi) is 3.74. The molecule has 0 aromatic heterocycles. The lowest BCUT2D eigenvalue weighted by Gasteiger charge is -2.16. The van der Waals surface area contributed by atoms with Gasteiger partial charge in [-0.25, -0.2) is 0 Å². The third kappa shape index (κ3) is 3.69. The fraction of sp³-hybridized carbons (Fsp3) is 0.750. The molecule has 0 spiro atoms. The van der Waals surface area contributed by atoms with Gasteiger partial charge in [-0.15, -0.1) is 0 Å². The molecule has 0 bridgehead atoms. The molecule has 1 aliphatic heterocycles. The lowest BCUT2D eigenvalue weighted by Crippen LogP contribution is -2.43. The van der Waals surface area contributed by atoms with Crippen LogP contribution in [0, 0.1) is 5.92 Å². The molecule has 92 valence electrons. The molecular weight excluding hydrogens is 231 g/mol. The van der Waals surface area contributed by atoms with Crippen LogP contribution < -0.4 is 5.32 Å². The molecule has 8 heteroatoms. The average Bonchev–Trinajstić information content (AvgIpc) is 2.47. The molecule has 0 saturated carbocycles. The highest BCUT2D eigenvalue weighted by atomic mass is 19.4. The molecule has 16 heavy (non-hydrogen) atoms. The van der Waals surface area contributed by atoms with Crippen molar-refractivity contribution >= 4 is 11.9 Å². The van der Waals surface area contributed by atoms with E-state index in [0.29, 0.717) is 0 Å². The van der Waals surface area contributed by atoms with Gasteiger partial charge in [-0.1, -0.05) is 0 Å². The van der Waals surface area contributed by atoms with Gasteiger partial charge in [0, 0.05) is 0 Å². The number of nitrogens with one attached hydrogen (secondary N) is 1. The van der Waals surface area contributed by atoms with E-state index >= 15 is 0 Å². The van der Waals surface area contributed by atoms with Crippen molar-refractivity contribution < 1.29 is 32.6 Å². The Morgan fingerprint density at radius 3 is 2.50 bits per heavy atom. The summed E-state index contributed by atoms with van der Waals surface area (Å²) in [4.78, 5) is 21.5. The number of carboxylic acid groups (broad SMARTS) is 1. The minimum atomic E-state index is -4.59. The number of hydrogen-bond acceptors (Lipinski definition) is 3. The normalized spacial score (nSPS) is 25.4. The molecule has 1 rings (SSSR count). The third-order valence-electron chi connectivity index (χ3n) is 2.11. The van der Waals surface area contributed by atoms with Crippen molar-refractivity contribution in [1.82, 2.24) is 5.32 Å². The summed E-state index contributed by atoms with van der Waals surface area (Å²) < 4.78 is 40.3. The van der Waals surface area contributed by atoms with Crippen LogP contribution in [-0.2, 0) is 14.3 Å². The van der Waals surface area contributed by atoms with Crippen LogP contribution in [0.2, 0.25) is 0 Å². The van der Waals surface area contributed by atoms with Crippen LogP contribution in [0.1, 0.15) is 6.42 Å². The van der Waals surface area contributed by atoms with Gasteiger partial charge in [0.05, 0.1) is 19.3 Å². The van der Waals surface area contributed by atoms with E-state index in [-0.39, 0.29) is 13.2 Å². The first-order valence-electron chi connectivity index (χ1n) is 4.46. The third-order valence-corrected chi connectivity index (χ3v) is 2.11. The number of hydrogen-bond donors (Lipinski definition) is 2. The number of carboxylic acids is 1. The van der Waals surface area contributed by atoms with E-state index in [2.05, 4.69) is 0 Å². The molecule has 2 atom stereocenters. The molecule has 1 saturated heterocycles. The molecule has 1 fully saturated rings. The van der Waals surface area contributed by atoms with Gasteiger partial charge < -0.3 is 15.2 Å². The number of rotatable bonds is 3. The van der Waals surface area contributed by atoms with Crippen molar-refractivity contribution in [1.29, 1.82) is 0 Å². The van der Waals surface area contributed by atoms with Crippen LogP contribution >= 0.6 is 0 Å². The Morgan fingerprint density at radius 1 is 1.38 bits per heavy atom. The molecule has 0 aromatic rings. The zero-order valence-corrected chi connectivity index (χ0v) is 8.08. The molecule has 5 nitrogen and oxygen atoms in total. The van der Waals surface area contributed by atoms with Crippen molar-refractivity contribution in [3.63, 3.8) is 0 Å². The topological polar surface area (TPSA) is 75.6 Å². The van der Waals surface area contributed by atoms with Crippen LogP contribution in [-0.4, -0.2) is 42.4 Å². The molecule has 1 amide bonds. The van der Waals surface area contributed by atoms with Crippen LogP contribution in [0.25, 0.3) is 0 Å². The van der Waals surface area contributed by atoms with E-state index in [1.165, 1.54) is 0 Å². The van der Waals surface area contributed by atoms with Gasteiger partial charge in [-0.3, -0.25) is 9.59 Å². The number of carbonyl (C=O) groups is 2. The van der Waals surface area contributed by atoms with Crippen LogP contribution in [0.3, 0.4) is 0 Å². The van der Waals surface area contributed by atoms with Gasteiger partial charge in [0.15, 0.2) is 0 Å². The second-order valence-corrected chi connectivity index (χ2v) is 3.45. The summed E-state index contributed by atoms with van der Waals surface area (Å²) in [5.41, 5.74) is 0. The lowest BCUT2D eigenvalue weighted by atomic mass is 10.0. The summed E-state index contributed by atoms with van der Waals surface area (Å²) in [6.45, 7) is -0.188. The minimum Gasteiger partial charge on any atom is -0.481 e. The predicted molar refractivity (Wildman–Crippen MR) is 44.5 cm³/mol. The van der Waals surface area contributed by atoms with E-state index in [9.17, 15) is 22.8 Å². The van der Waals surface area contributed by atoms with E-state index < -0.39 is 36.4 Å². The van der Waals surface area contributed by atoms with E-state index in [1.54, 1.807) is 0 Å². The Bertz CT molecular complexity index is 291. The summed E-state index contributed by atoms with van der Waals surface area (Å²) in [6.07, 6.45) is -6.21. The summed E-state index contributed by atoms with van der Waals surface area (Å²) in [5.74, 6) is -3.43. The molecule has 1 heterocycles. The second kappa shape index (κ2) is 4.69. The van der Waals surface area contributed by atoms with E-state index in [1.807, 2.05) is 5.32 Å². The Hall–Kier alpha value is -1.31. The zero-order valence-electron chi connectivity index (χ0n) is 8.08. The van der Waals surface area contributed by atoms with Gasteiger partial charge in [0.1, 0.15) is 12.3 Å². The average molecular weight is 241 g/mol. The fourth-order valence-corrected chi connectivity index (χ4v) is 1.38. The fourth-order valence-electron chi connectivity index (χ4n) is 1.38. The molecule has 2 N–H and O–H groups in total. The highest BCUT2D eigenvalue weighted by Gasteiger charge is 2.37. The number of aliphatic carboxylic acids is 1. The minimum absolute atomic E-state index is 0.0828. The predicted octanol–water partition coefficient (Wildman–Crippen LogP) is 0.155. The van der Waals surface area contributed by atoms with Crippen molar-refractivity contribution in [2.45, 2.75) is 18.6 Å². The first-order chi connectivity index (χ1) is 7.29. The quantitative estimate of drug-likeness (QED) is 0.737. The Balaban J connectivity index is 2.47. The number of amides is 1. The molecule has 1 aliphatic rings. The molecular formula is C8H10F3NO4. The van der Waals surface area contributed by atoms with Gasteiger partial charge in [-0.05, 0) is 0 Å². The first-order valence-corrected chi connectivity index (χ1v) is 4.46. The largest absolute Gasteiger partial charge is 0.481 e. The Morgan fingerprint density at radius 2 is 2.00 bits per heavy atom. The van der Waals surface area contributed by atoms with E-state index in [0.717, 1.165) is 0 Å². The standard InChI is InChI=1S/C8H10F3NO4/c9-8(10,11)1-6(13)12-5-3-16-2-4(5)7(14)15/h4-5H,1-3H2,(H,12,13)(H,14,15). The van der Waals surface area contributed by atoms with Gasteiger partial charge in [-0.2, -0.15) is 13.2 Å². The van der Waals surface area contributed by atoms with Crippen molar-refractivity contribution in [2.75, 3.05) is 13.2 Å². The molecule has 2 unspecified atom stereocenters. The maximum atomic E-state index is 11.8. The Labute approximate surface area is 88.6 Å². The van der Waals surface area contributed by atoms with Gasteiger partial charge >= 0.3 is 12.1 Å². The number of carbonyl (C=O) groups excluding carboxylic acids is 1. The maximum absolute atomic E-state index is 11.8. The molecule has 0 radical (unpaired) electrons. The number of halogens is 3. The van der Waals surface area contributed by atoms with Gasteiger partial charge in [0.2, 0.25) is 5.91 Å². The van der Waals surface area contributed by atoms with E-state index in [4.69, 9.17) is 9.84 Å². The summed E-state index contributed by atoms with van der Waals surface area (Å²) in [5, 5.41) is 10.7. The number of ether oxygens (including phenoxy) is 1. The van der Waals surface area contributed by atoms with Gasteiger partial charge in [0.25, 0.3) is 0 Å². The zero-order chi connectivity index (χ0) is 12.3. The monoisotopic (exact) mass is 241 g/mol. The van der Waals surface area contributed by atoms with Crippen molar-refractivity contribution in [3.05, 3.63) is 0 Å².